The second kappa shape index (κ2) is 7.50. The van der Waals surface area contributed by atoms with Gasteiger partial charge in [-0.3, -0.25) is 4.79 Å². The topological polar surface area (TPSA) is 88.3 Å². The number of azo groups is 1. The fourth-order valence-electron chi connectivity index (χ4n) is 2.53. The summed E-state index contributed by atoms with van der Waals surface area (Å²) >= 11 is 1.40. The third-order valence-corrected chi connectivity index (χ3v) is 4.73. The van der Waals surface area contributed by atoms with E-state index in [9.17, 15) is 14.7 Å². The molecule has 1 heterocycles. The van der Waals surface area contributed by atoms with E-state index in [0.29, 0.717) is 10.6 Å². The molecule has 0 aromatic carbocycles. The highest BCUT2D eigenvalue weighted by Crippen LogP contribution is 2.40. The van der Waals surface area contributed by atoms with Gasteiger partial charge in [0.2, 0.25) is 0 Å². The maximum Gasteiger partial charge on any atom is 0.341 e. The predicted octanol–water partition coefficient (Wildman–Crippen LogP) is 4.27. The Balaban J connectivity index is 2.45. The van der Waals surface area contributed by atoms with Crippen LogP contribution in [0.4, 0.5) is 5.00 Å². The average molecular weight is 336 g/mol. The van der Waals surface area contributed by atoms with Crippen LogP contribution in [0.15, 0.2) is 21.7 Å². The molecule has 1 aromatic heterocycles. The SMILES string of the molecule is CCOC(=O)c1c(N=N/C(C(C)=O)=C(\C)O)sc2c1CCCC2. The summed E-state index contributed by atoms with van der Waals surface area (Å²) in [5.74, 6) is -0.983. The Hall–Kier alpha value is -2.02. The molecule has 1 N–H and O–H groups in total. The van der Waals surface area contributed by atoms with Gasteiger partial charge in [0, 0.05) is 11.8 Å². The van der Waals surface area contributed by atoms with Crippen LogP contribution in [-0.2, 0) is 22.4 Å². The monoisotopic (exact) mass is 336 g/mol. The number of hydrogen-bond acceptors (Lipinski definition) is 7. The van der Waals surface area contributed by atoms with Crippen LogP contribution in [0, 0.1) is 0 Å². The van der Waals surface area contributed by atoms with Crippen LogP contribution in [0.5, 0.6) is 0 Å². The van der Waals surface area contributed by atoms with Crippen LogP contribution < -0.4 is 0 Å². The smallest absolute Gasteiger partial charge is 0.341 e. The van der Waals surface area contributed by atoms with Crippen molar-refractivity contribution in [2.45, 2.75) is 46.5 Å². The van der Waals surface area contributed by atoms with Crippen molar-refractivity contribution in [3.05, 3.63) is 27.5 Å². The largest absolute Gasteiger partial charge is 0.510 e. The first-order chi connectivity index (χ1) is 11.0. The number of ketones is 1. The third kappa shape index (κ3) is 3.85. The molecule has 0 saturated heterocycles. The highest BCUT2D eigenvalue weighted by atomic mass is 32.1. The van der Waals surface area contributed by atoms with Gasteiger partial charge >= 0.3 is 5.97 Å². The summed E-state index contributed by atoms with van der Waals surface area (Å²) in [6, 6.07) is 0. The normalized spacial score (nSPS) is 15.3. The van der Waals surface area contributed by atoms with E-state index < -0.39 is 5.97 Å². The van der Waals surface area contributed by atoms with Gasteiger partial charge in [-0.25, -0.2) is 4.79 Å². The number of thiophene rings is 1. The third-order valence-electron chi connectivity index (χ3n) is 3.55. The number of aliphatic hydroxyl groups excluding tert-OH is 1. The first-order valence-corrected chi connectivity index (χ1v) is 8.41. The number of Topliss-reactive ketones (excluding diaryl/α,β-unsaturated/α-hetero) is 1. The Morgan fingerprint density at radius 3 is 2.57 bits per heavy atom. The Kier molecular flexibility index (Phi) is 5.65. The molecule has 0 bridgehead atoms. The lowest BCUT2D eigenvalue weighted by atomic mass is 9.95. The summed E-state index contributed by atoms with van der Waals surface area (Å²) in [5, 5.41) is 17.9. The lowest BCUT2D eigenvalue weighted by Gasteiger charge is -2.11. The predicted molar refractivity (Wildman–Crippen MR) is 87.4 cm³/mol. The van der Waals surface area contributed by atoms with E-state index in [0.717, 1.165) is 36.1 Å². The highest BCUT2D eigenvalue weighted by molar-refractivity contribution is 7.16. The van der Waals surface area contributed by atoms with Gasteiger partial charge in [0.05, 0.1) is 6.61 Å². The van der Waals surface area contributed by atoms with Gasteiger partial charge in [-0.1, -0.05) is 0 Å². The summed E-state index contributed by atoms with van der Waals surface area (Å²) < 4.78 is 5.13. The molecule has 0 atom stereocenters. The minimum absolute atomic E-state index is 0.105. The van der Waals surface area contributed by atoms with Gasteiger partial charge in [-0.15, -0.1) is 21.6 Å². The second-order valence-electron chi connectivity index (χ2n) is 5.30. The number of fused-ring (bicyclic) bond motifs is 1. The molecule has 1 aromatic rings. The molecular weight excluding hydrogens is 316 g/mol. The van der Waals surface area contributed by atoms with Crippen molar-refractivity contribution in [1.29, 1.82) is 0 Å². The first-order valence-electron chi connectivity index (χ1n) is 7.59. The van der Waals surface area contributed by atoms with Crippen molar-refractivity contribution in [2.24, 2.45) is 10.2 Å². The molecule has 1 aliphatic carbocycles. The highest BCUT2D eigenvalue weighted by Gasteiger charge is 2.26. The summed E-state index contributed by atoms with van der Waals surface area (Å²) in [7, 11) is 0. The van der Waals surface area contributed by atoms with E-state index in [1.807, 2.05) is 0 Å². The number of carbonyl (C=O) groups is 2. The van der Waals surface area contributed by atoms with E-state index in [-0.39, 0.29) is 23.8 Å². The average Bonchev–Trinajstić information content (AvgIpc) is 2.85. The van der Waals surface area contributed by atoms with Crippen LogP contribution in [0.3, 0.4) is 0 Å². The zero-order valence-electron chi connectivity index (χ0n) is 13.5. The number of allylic oxidation sites excluding steroid dienone is 2. The molecule has 0 unspecified atom stereocenters. The van der Waals surface area contributed by atoms with Gasteiger partial charge in [0.25, 0.3) is 0 Å². The molecule has 0 radical (unpaired) electrons. The van der Waals surface area contributed by atoms with Crippen molar-refractivity contribution >= 4 is 28.1 Å². The van der Waals surface area contributed by atoms with Crippen LogP contribution in [-0.4, -0.2) is 23.5 Å². The Morgan fingerprint density at radius 1 is 1.26 bits per heavy atom. The van der Waals surface area contributed by atoms with Crippen molar-refractivity contribution in [3.8, 4) is 0 Å². The summed E-state index contributed by atoms with van der Waals surface area (Å²) in [4.78, 5) is 24.9. The van der Waals surface area contributed by atoms with Gasteiger partial charge in [0.15, 0.2) is 16.5 Å². The lowest BCUT2D eigenvalue weighted by molar-refractivity contribution is -0.113. The molecule has 23 heavy (non-hydrogen) atoms. The zero-order valence-corrected chi connectivity index (χ0v) is 14.3. The van der Waals surface area contributed by atoms with E-state index in [2.05, 4.69) is 10.2 Å². The number of ether oxygens (including phenoxy) is 1. The quantitative estimate of drug-likeness (QED) is 0.376. The minimum Gasteiger partial charge on any atom is -0.510 e. The molecule has 0 fully saturated rings. The number of carbonyl (C=O) groups excluding carboxylic acids is 2. The molecule has 0 aliphatic heterocycles. The van der Waals surface area contributed by atoms with Gasteiger partial charge in [-0.2, -0.15) is 0 Å². The number of aliphatic hydroxyl groups is 1. The molecule has 124 valence electrons. The maximum atomic E-state index is 12.3. The Morgan fingerprint density at radius 2 is 1.96 bits per heavy atom. The molecule has 0 amide bonds. The molecule has 2 rings (SSSR count). The fraction of sp³-hybridized carbons (Fsp3) is 0.500. The summed E-state index contributed by atoms with van der Waals surface area (Å²) in [5.41, 5.74) is 1.34. The second-order valence-corrected chi connectivity index (χ2v) is 6.39. The number of esters is 1. The minimum atomic E-state index is -0.407. The molecule has 1 aliphatic rings. The van der Waals surface area contributed by atoms with Gasteiger partial charge < -0.3 is 9.84 Å². The van der Waals surface area contributed by atoms with E-state index in [1.54, 1.807) is 6.92 Å². The molecular formula is C16H20N2O4S. The fourth-order valence-corrected chi connectivity index (χ4v) is 3.73. The van der Waals surface area contributed by atoms with Crippen LogP contribution in [0.1, 0.15) is 54.4 Å². The van der Waals surface area contributed by atoms with Crippen molar-refractivity contribution in [2.75, 3.05) is 6.61 Å². The van der Waals surface area contributed by atoms with Crippen molar-refractivity contribution in [1.82, 2.24) is 0 Å². The molecule has 6 nitrogen and oxygen atoms in total. The Bertz CT molecular complexity index is 684. The standard InChI is InChI=1S/C16H20N2O4S/c1-4-22-16(21)13-11-7-5-6-8-12(11)23-15(13)18-17-14(9(2)19)10(3)20/h19H,4-8H2,1-3H3/b14-9+,18-17?. The van der Waals surface area contributed by atoms with Gasteiger partial charge in [-0.05, 0) is 45.1 Å². The van der Waals surface area contributed by atoms with E-state index in [1.165, 1.54) is 25.2 Å². The number of rotatable bonds is 5. The molecule has 0 saturated carbocycles. The summed E-state index contributed by atoms with van der Waals surface area (Å²) in [6.07, 6.45) is 3.85. The van der Waals surface area contributed by atoms with Crippen LogP contribution in [0.2, 0.25) is 0 Å². The van der Waals surface area contributed by atoms with Crippen LogP contribution >= 0.6 is 11.3 Å². The first kappa shape index (κ1) is 17.3. The lowest BCUT2D eigenvalue weighted by Crippen LogP contribution is -2.09. The molecule has 7 heteroatoms. The van der Waals surface area contributed by atoms with Gasteiger partial charge in [0.1, 0.15) is 11.3 Å². The van der Waals surface area contributed by atoms with Crippen molar-refractivity contribution in [3.63, 3.8) is 0 Å². The number of aryl methyl sites for hydroxylation is 1. The number of nitrogens with zero attached hydrogens (tertiary/aromatic N) is 2. The van der Waals surface area contributed by atoms with Crippen molar-refractivity contribution < 1.29 is 19.4 Å². The Labute approximate surface area is 138 Å². The zero-order chi connectivity index (χ0) is 17.0. The van der Waals surface area contributed by atoms with E-state index in [4.69, 9.17) is 4.74 Å². The maximum absolute atomic E-state index is 12.3. The van der Waals surface area contributed by atoms with E-state index >= 15 is 0 Å². The number of hydrogen-bond donors (Lipinski definition) is 1. The van der Waals surface area contributed by atoms with Crippen LogP contribution in [0.25, 0.3) is 0 Å². The summed E-state index contributed by atoms with van der Waals surface area (Å²) in [6.45, 7) is 4.72. The molecule has 0 spiro atoms.